The quantitative estimate of drug-likeness (QED) is 0.555. The number of hydrogen-bond acceptors (Lipinski definition) is 5. The Morgan fingerprint density at radius 1 is 1.32 bits per heavy atom. The van der Waals surface area contributed by atoms with E-state index in [9.17, 15) is 8.42 Å². The molecule has 9 nitrogen and oxygen atoms in total. The summed E-state index contributed by atoms with van der Waals surface area (Å²) < 4.78 is 28.1. The normalized spacial score (nSPS) is 20.4. The lowest BCUT2D eigenvalue weighted by Gasteiger charge is -2.16. The Morgan fingerprint density at radius 3 is 2.77 bits per heavy atom. The molecule has 10 heteroatoms. The molecule has 0 atom stereocenters. The zero-order valence-electron chi connectivity index (χ0n) is 17.7. The van der Waals surface area contributed by atoms with E-state index in [1.807, 2.05) is 13.2 Å². The van der Waals surface area contributed by atoms with Crippen molar-refractivity contribution in [1.82, 2.24) is 9.78 Å². The SMILES string of the molecule is C=C1C=CN=C(c2cnn(C)c2)C1=NC(=NC)Nc1ccc2c(c1)NS(=O)(=O)C2(C)C. The minimum atomic E-state index is -3.48. The van der Waals surface area contributed by atoms with Crippen LogP contribution in [0.5, 0.6) is 0 Å². The van der Waals surface area contributed by atoms with E-state index in [0.717, 1.165) is 11.1 Å². The average molecular weight is 438 g/mol. The third-order valence-corrected chi connectivity index (χ3v) is 7.31. The van der Waals surface area contributed by atoms with Gasteiger partial charge in [0.25, 0.3) is 0 Å². The lowest BCUT2D eigenvalue weighted by molar-refractivity contribution is 0.567. The van der Waals surface area contributed by atoms with Crippen molar-refractivity contribution >= 4 is 38.8 Å². The van der Waals surface area contributed by atoms with Crippen molar-refractivity contribution in [2.45, 2.75) is 18.6 Å². The number of aliphatic imine (C=N–C) groups is 3. The molecule has 2 N–H and O–H groups in total. The number of aryl methyl sites for hydroxylation is 1. The predicted molar refractivity (Wildman–Crippen MR) is 124 cm³/mol. The van der Waals surface area contributed by atoms with Crippen molar-refractivity contribution in [2.75, 3.05) is 17.1 Å². The number of guanidine groups is 1. The number of benzene rings is 1. The summed E-state index contributed by atoms with van der Waals surface area (Å²) in [4.78, 5) is 13.3. The maximum atomic E-state index is 12.4. The Balaban J connectivity index is 1.65. The molecule has 2 aromatic rings. The largest absolute Gasteiger partial charge is 0.324 e. The molecule has 0 saturated heterocycles. The van der Waals surface area contributed by atoms with Crippen LogP contribution >= 0.6 is 0 Å². The van der Waals surface area contributed by atoms with Crippen molar-refractivity contribution < 1.29 is 8.42 Å². The molecule has 2 aliphatic rings. The zero-order chi connectivity index (χ0) is 22.4. The Labute approximate surface area is 181 Å². The predicted octanol–water partition coefficient (Wildman–Crippen LogP) is 2.82. The number of hydrogen-bond donors (Lipinski definition) is 2. The number of nitrogens with one attached hydrogen (secondary N) is 2. The monoisotopic (exact) mass is 437 g/mol. The summed E-state index contributed by atoms with van der Waals surface area (Å²) in [6.45, 7) is 7.43. The summed E-state index contributed by atoms with van der Waals surface area (Å²) in [6, 6.07) is 5.33. The van der Waals surface area contributed by atoms with Crippen LogP contribution in [0.3, 0.4) is 0 Å². The molecule has 3 heterocycles. The first-order valence-corrected chi connectivity index (χ1v) is 11.0. The molecule has 0 saturated carbocycles. The van der Waals surface area contributed by atoms with Gasteiger partial charge in [0.2, 0.25) is 16.0 Å². The van der Waals surface area contributed by atoms with Gasteiger partial charge in [-0.25, -0.2) is 13.4 Å². The van der Waals surface area contributed by atoms with E-state index in [-0.39, 0.29) is 0 Å². The van der Waals surface area contributed by atoms with Crippen LogP contribution in [0.15, 0.2) is 70.0 Å². The number of anilines is 2. The highest BCUT2D eigenvalue weighted by Crippen LogP contribution is 2.43. The van der Waals surface area contributed by atoms with Crippen LogP contribution in [0.4, 0.5) is 11.4 Å². The molecule has 0 bridgehead atoms. The van der Waals surface area contributed by atoms with Gasteiger partial charge in [-0.05, 0) is 43.2 Å². The molecule has 0 unspecified atom stereocenters. The Morgan fingerprint density at radius 2 is 2.10 bits per heavy atom. The summed E-state index contributed by atoms with van der Waals surface area (Å²) in [5, 5.41) is 7.34. The van der Waals surface area contributed by atoms with Crippen LogP contribution in [-0.2, 0) is 21.8 Å². The van der Waals surface area contributed by atoms with Crippen molar-refractivity contribution in [1.29, 1.82) is 0 Å². The first-order chi connectivity index (χ1) is 14.6. The molecule has 1 aromatic heterocycles. The molecule has 1 aromatic carbocycles. The van der Waals surface area contributed by atoms with E-state index in [1.165, 1.54) is 0 Å². The zero-order valence-corrected chi connectivity index (χ0v) is 18.5. The van der Waals surface area contributed by atoms with Gasteiger partial charge in [-0.2, -0.15) is 5.10 Å². The van der Waals surface area contributed by atoms with Crippen molar-refractivity contribution in [3.63, 3.8) is 0 Å². The smallest absolute Gasteiger partial charge is 0.242 e. The minimum absolute atomic E-state index is 0.336. The molecule has 160 valence electrons. The molecular formula is C21H23N7O2S. The number of fused-ring (bicyclic) bond motifs is 1. The van der Waals surface area contributed by atoms with Gasteiger partial charge in [0.05, 0.1) is 17.6 Å². The fraction of sp³-hybridized carbons (Fsp3) is 0.238. The molecule has 0 aliphatic carbocycles. The van der Waals surface area contributed by atoms with E-state index in [1.54, 1.807) is 62.2 Å². The first kappa shape index (κ1) is 20.7. The van der Waals surface area contributed by atoms with Gasteiger partial charge in [-0.1, -0.05) is 12.6 Å². The summed E-state index contributed by atoms with van der Waals surface area (Å²) in [7, 11) is -0.0283. The van der Waals surface area contributed by atoms with E-state index in [2.05, 4.69) is 36.7 Å². The molecule has 0 fully saturated rings. The van der Waals surface area contributed by atoms with E-state index in [4.69, 9.17) is 0 Å². The number of sulfonamides is 1. The molecule has 0 radical (unpaired) electrons. The van der Waals surface area contributed by atoms with E-state index < -0.39 is 14.8 Å². The van der Waals surface area contributed by atoms with Gasteiger partial charge in [-0.15, -0.1) is 0 Å². The Kier molecular flexibility index (Phi) is 4.89. The maximum absolute atomic E-state index is 12.4. The summed E-state index contributed by atoms with van der Waals surface area (Å²) >= 11 is 0. The van der Waals surface area contributed by atoms with Crippen molar-refractivity contribution in [2.24, 2.45) is 22.0 Å². The van der Waals surface area contributed by atoms with E-state index >= 15 is 0 Å². The summed E-state index contributed by atoms with van der Waals surface area (Å²) in [6.07, 6.45) is 7.02. The summed E-state index contributed by atoms with van der Waals surface area (Å²) in [5.74, 6) is 0.336. The lowest BCUT2D eigenvalue weighted by Crippen LogP contribution is -2.26. The number of allylic oxidation sites excluding steroid dienone is 2. The minimum Gasteiger partial charge on any atom is -0.324 e. The highest BCUT2D eigenvalue weighted by molar-refractivity contribution is 7.94. The van der Waals surface area contributed by atoms with Crippen molar-refractivity contribution in [3.05, 3.63) is 66.1 Å². The highest BCUT2D eigenvalue weighted by atomic mass is 32.2. The molecular weight excluding hydrogens is 414 g/mol. The second-order valence-electron chi connectivity index (χ2n) is 7.73. The average Bonchev–Trinajstić information content (AvgIpc) is 3.21. The fourth-order valence-corrected chi connectivity index (χ4v) is 4.57. The van der Waals surface area contributed by atoms with Gasteiger partial charge in [0.15, 0.2) is 0 Å². The second kappa shape index (κ2) is 7.31. The number of rotatable bonds is 2. The molecule has 0 amide bonds. The third kappa shape index (κ3) is 3.59. The molecule has 2 aliphatic heterocycles. The van der Waals surface area contributed by atoms with Crippen LogP contribution < -0.4 is 10.0 Å². The van der Waals surface area contributed by atoms with Gasteiger partial charge >= 0.3 is 0 Å². The molecule has 31 heavy (non-hydrogen) atoms. The van der Waals surface area contributed by atoms with Crippen molar-refractivity contribution in [3.8, 4) is 0 Å². The van der Waals surface area contributed by atoms with Crippen LogP contribution in [0.2, 0.25) is 0 Å². The highest BCUT2D eigenvalue weighted by Gasteiger charge is 2.44. The Hall–Kier alpha value is -3.53. The first-order valence-electron chi connectivity index (χ1n) is 9.55. The van der Waals surface area contributed by atoms with Crippen LogP contribution in [0.25, 0.3) is 0 Å². The maximum Gasteiger partial charge on any atom is 0.242 e. The lowest BCUT2D eigenvalue weighted by atomic mass is 10.00. The standard InChI is InChI=1S/C21H23N7O2S/c1-13-8-9-23-19(14-11-24-28(5)12-14)18(13)26-20(22-4)25-15-6-7-16-17(10-15)27-31(29,30)21(16,2)3/h6-12,27H,1H2,2-5H3,(H,22,25). The fourth-order valence-electron chi connectivity index (χ4n) is 3.39. The Bertz CT molecular complexity index is 1310. The topological polar surface area (TPSA) is 113 Å². The molecule has 4 rings (SSSR count). The van der Waals surface area contributed by atoms with Crippen LogP contribution in [0.1, 0.15) is 25.0 Å². The molecule has 0 spiro atoms. The van der Waals surface area contributed by atoms with E-state index in [0.29, 0.717) is 34.3 Å². The second-order valence-corrected chi connectivity index (χ2v) is 9.96. The van der Waals surface area contributed by atoms with Crippen LogP contribution in [-0.4, -0.2) is 42.6 Å². The van der Waals surface area contributed by atoms with Gasteiger partial charge in [0, 0.05) is 37.7 Å². The van der Waals surface area contributed by atoms with Crippen LogP contribution in [0, 0.1) is 0 Å². The van der Waals surface area contributed by atoms with Gasteiger partial charge < -0.3 is 5.32 Å². The van der Waals surface area contributed by atoms with Gasteiger partial charge in [0.1, 0.15) is 10.5 Å². The number of aromatic nitrogens is 2. The van der Waals surface area contributed by atoms with Gasteiger partial charge in [-0.3, -0.25) is 19.4 Å². The number of nitrogens with zero attached hydrogens (tertiary/aromatic N) is 5. The third-order valence-electron chi connectivity index (χ3n) is 5.26. The summed E-state index contributed by atoms with van der Waals surface area (Å²) in [5.41, 5.74) is 4.65.